The molecule has 1 saturated heterocycles. The zero-order valence-electron chi connectivity index (χ0n) is 21.9. The lowest BCUT2D eigenvalue weighted by molar-refractivity contribution is 0.174. The molecule has 1 fully saturated rings. The Labute approximate surface area is 227 Å². The van der Waals surface area contributed by atoms with E-state index in [0.29, 0.717) is 29.5 Å². The Morgan fingerprint density at radius 3 is 2.49 bits per heavy atom. The van der Waals surface area contributed by atoms with Crippen molar-refractivity contribution in [2.75, 3.05) is 35.5 Å². The molecule has 198 valence electrons. The maximum absolute atomic E-state index is 5.46. The number of benzene rings is 3. The number of aromatic nitrogens is 3. The van der Waals surface area contributed by atoms with E-state index in [9.17, 15) is 0 Å². The number of ether oxygens (including phenoxy) is 2. The summed E-state index contributed by atoms with van der Waals surface area (Å²) in [6.07, 6.45) is 4.99. The average molecular weight is 522 g/mol. The van der Waals surface area contributed by atoms with Crippen LogP contribution in [0, 0.1) is 12.8 Å². The number of nitrogens with zero attached hydrogens (tertiary/aromatic N) is 5. The maximum Gasteiger partial charge on any atom is 0.250 e. The lowest BCUT2D eigenvalue weighted by atomic mass is 9.90. The van der Waals surface area contributed by atoms with Gasteiger partial charge >= 0.3 is 0 Å². The van der Waals surface area contributed by atoms with Crippen molar-refractivity contribution in [1.82, 2.24) is 15.0 Å². The predicted octanol–water partition coefficient (Wildman–Crippen LogP) is 5.56. The maximum atomic E-state index is 5.46. The van der Waals surface area contributed by atoms with Crippen molar-refractivity contribution in [3.8, 4) is 11.5 Å². The highest BCUT2D eigenvalue weighted by atomic mass is 16.7. The minimum absolute atomic E-state index is 0.238. The molecule has 0 radical (unpaired) electrons. The van der Waals surface area contributed by atoms with Crippen LogP contribution in [-0.2, 0) is 6.42 Å². The van der Waals surface area contributed by atoms with Crippen LogP contribution in [0.25, 0.3) is 0 Å². The fourth-order valence-electron chi connectivity index (χ4n) is 4.82. The van der Waals surface area contributed by atoms with Crippen molar-refractivity contribution < 1.29 is 9.47 Å². The first-order chi connectivity index (χ1) is 19.2. The molecule has 0 bridgehead atoms. The molecule has 0 aliphatic carbocycles. The van der Waals surface area contributed by atoms with Gasteiger partial charge in [0.1, 0.15) is 0 Å². The topological polar surface area (TPSA) is 96.8 Å². The molecule has 4 aromatic rings. The smallest absolute Gasteiger partial charge is 0.250 e. The third-order valence-corrected chi connectivity index (χ3v) is 6.97. The van der Waals surface area contributed by atoms with Gasteiger partial charge in [-0.25, -0.2) is 5.43 Å². The summed E-state index contributed by atoms with van der Waals surface area (Å²) in [5, 5.41) is 7.69. The van der Waals surface area contributed by atoms with Crippen molar-refractivity contribution in [3.05, 3.63) is 89.5 Å². The van der Waals surface area contributed by atoms with Crippen molar-refractivity contribution in [3.63, 3.8) is 0 Å². The van der Waals surface area contributed by atoms with Crippen molar-refractivity contribution in [2.45, 2.75) is 26.2 Å². The number of rotatable bonds is 8. The summed E-state index contributed by atoms with van der Waals surface area (Å²) in [7, 11) is 0. The fraction of sp³-hybridized carbons (Fsp3) is 0.267. The van der Waals surface area contributed by atoms with Gasteiger partial charge in [0.15, 0.2) is 11.5 Å². The lowest BCUT2D eigenvalue weighted by Crippen LogP contribution is -2.35. The van der Waals surface area contributed by atoms with E-state index in [-0.39, 0.29) is 6.79 Å². The van der Waals surface area contributed by atoms with Gasteiger partial charge in [0.25, 0.3) is 0 Å². The van der Waals surface area contributed by atoms with Gasteiger partial charge in [-0.05, 0) is 73.6 Å². The molecule has 1 aromatic heterocycles. The van der Waals surface area contributed by atoms with Crippen LogP contribution in [0.2, 0.25) is 0 Å². The minimum atomic E-state index is 0.238. The standard InChI is InChI=1S/C30H31N7O2/c1-21-7-10-25(11-8-21)32-28-33-29(36-31-19-24-9-12-26-27(18-24)39-20-38-26)35-30(34-28)37-15-13-23(14-16-37)17-22-5-3-2-4-6-22/h2-12,18-19,23H,13-17,20H2,1H3,(H2,32,33,34,35,36)/b31-19+. The van der Waals surface area contributed by atoms with Crippen LogP contribution in [0.5, 0.6) is 11.5 Å². The molecule has 6 rings (SSSR count). The van der Waals surface area contributed by atoms with Crippen LogP contribution >= 0.6 is 0 Å². The van der Waals surface area contributed by atoms with Gasteiger partial charge < -0.3 is 19.7 Å². The number of nitrogens with one attached hydrogen (secondary N) is 2. The van der Waals surface area contributed by atoms with Crippen LogP contribution in [0.1, 0.15) is 29.5 Å². The number of piperidine rings is 1. The molecule has 0 spiro atoms. The number of hydrogen-bond acceptors (Lipinski definition) is 9. The number of fused-ring (bicyclic) bond motifs is 1. The quantitative estimate of drug-likeness (QED) is 0.230. The van der Waals surface area contributed by atoms with Gasteiger partial charge in [-0.3, -0.25) is 0 Å². The highest BCUT2D eigenvalue weighted by molar-refractivity contribution is 5.81. The SMILES string of the molecule is Cc1ccc(Nc2nc(N/N=C/c3ccc4c(c3)OCO4)nc(N3CCC(Cc4ccccc4)CC3)n2)cc1. The van der Waals surface area contributed by atoms with Gasteiger partial charge in [0.05, 0.1) is 6.21 Å². The predicted molar refractivity (Wildman–Crippen MR) is 153 cm³/mol. The van der Waals surface area contributed by atoms with Crippen molar-refractivity contribution >= 4 is 29.7 Å². The van der Waals surface area contributed by atoms with Crippen LogP contribution in [0.3, 0.4) is 0 Å². The molecule has 9 nitrogen and oxygen atoms in total. The second-order valence-corrected chi connectivity index (χ2v) is 9.88. The molecule has 9 heteroatoms. The summed E-state index contributed by atoms with van der Waals surface area (Å²) in [5.41, 5.74) is 7.36. The number of aryl methyl sites for hydroxylation is 1. The second kappa shape index (κ2) is 11.4. The van der Waals surface area contributed by atoms with Gasteiger partial charge in [-0.15, -0.1) is 0 Å². The summed E-state index contributed by atoms with van der Waals surface area (Å²) in [5.74, 6) is 3.58. The molecule has 3 aromatic carbocycles. The van der Waals surface area contributed by atoms with Crippen molar-refractivity contribution in [2.24, 2.45) is 11.0 Å². The van der Waals surface area contributed by atoms with E-state index >= 15 is 0 Å². The first kappa shape index (κ1) is 24.7. The van der Waals surface area contributed by atoms with Gasteiger partial charge in [0, 0.05) is 18.8 Å². The van der Waals surface area contributed by atoms with E-state index in [4.69, 9.17) is 19.4 Å². The highest BCUT2D eigenvalue weighted by Gasteiger charge is 2.22. The van der Waals surface area contributed by atoms with Crippen LogP contribution in [0.4, 0.5) is 23.5 Å². The molecule has 0 amide bonds. The first-order valence-electron chi connectivity index (χ1n) is 13.3. The van der Waals surface area contributed by atoms with E-state index in [2.05, 4.69) is 75.1 Å². The molecule has 0 atom stereocenters. The Hall–Kier alpha value is -4.66. The molecular formula is C30H31N7O2. The van der Waals surface area contributed by atoms with Crippen LogP contribution in [0.15, 0.2) is 77.9 Å². The zero-order chi connectivity index (χ0) is 26.4. The Bertz CT molecular complexity index is 1440. The fourth-order valence-corrected chi connectivity index (χ4v) is 4.82. The third-order valence-electron chi connectivity index (χ3n) is 6.97. The molecule has 3 heterocycles. The van der Waals surface area contributed by atoms with Gasteiger partial charge in [-0.1, -0.05) is 48.0 Å². The largest absolute Gasteiger partial charge is 0.454 e. The zero-order valence-corrected chi connectivity index (χ0v) is 21.9. The molecule has 39 heavy (non-hydrogen) atoms. The molecule has 0 saturated carbocycles. The van der Waals surface area contributed by atoms with E-state index in [1.54, 1.807) is 6.21 Å². The number of hydrogen-bond donors (Lipinski definition) is 2. The summed E-state index contributed by atoms with van der Waals surface area (Å²) < 4.78 is 10.8. The molecular weight excluding hydrogens is 490 g/mol. The lowest BCUT2D eigenvalue weighted by Gasteiger charge is -2.32. The number of hydrazone groups is 1. The Morgan fingerprint density at radius 1 is 0.897 bits per heavy atom. The molecule has 2 aliphatic rings. The summed E-state index contributed by atoms with van der Waals surface area (Å²) in [4.78, 5) is 16.3. The normalized spacial score (nSPS) is 15.1. The summed E-state index contributed by atoms with van der Waals surface area (Å²) >= 11 is 0. The Balaban J connectivity index is 1.17. The molecule has 0 unspecified atom stereocenters. The first-order valence-corrected chi connectivity index (χ1v) is 13.3. The van der Waals surface area contributed by atoms with E-state index in [0.717, 1.165) is 49.4 Å². The van der Waals surface area contributed by atoms with Crippen LogP contribution in [-0.4, -0.2) is 41.0 Å². The minimum Gasteiger partial charge on any atom is -0.454 e. The van der Waals surface area contributed by atoms with E-state index in [1.807, 2.05) is 30.3 Å². The molecule has 2 aliphatic heterocycles. The molecule has 2 N–H and O–H groups in total. The van der Waals surface area contributed by atoms with Crippen LogP contribution < -0.4 is 25.1 Å². The van der Waals surface area contributed by atoms with E-state index < -0.39 is 0 Å². The number of anilines is 4. The summed E-state index contributed by atoms with van der Waals surface area (Å²) in [6.45, 7) is 4.09. The monoisotopic (exact) mass is 521 g/mol. The van der Waals surface area contributed by atoms with Crippen molar-refractivity contribution in [1.29, 1.82) is 0 Å². The Kier molecular flexibility index (Phi) is 7.20. The van der Waals surface area contributed by atoms with Gasteiger partial charge in [-0.2, -0.15) is 20.1 Å². The van der Waals surface area contributed by atoms with E-state index in [1.165, 1.54) is 11.1 Å². The summed E-state index contributed by atoms with van der Waals surface area (Å²) in [6, 6.07) is 24.5. The average Bonchev–Trinajstić information content (AvgIpc) is 3.43. The van der Waals surface area contributed by atoms with Gasteiger partial charge in [0.2, 0.25) is 24.6 Å². The highest BCUT2D eigenvalue weighted by Crippen LogP contribution is 2.32. The third kappa shape index (κ3) is 6.26. The Morgan fingerprint density at radius 2 is 1.67 bits per heavy atom. The second-order valence-electron chi connectivity index (χ2n) is 9.88.